The third kappa shape index (κ3) is 4.28. The van der Waals surface area contributed by atoms with Crippen molar-refractivity contribution in [2.45, 2.75) is 25.5 Å². The van der Waals surface area contributed by atoms with E-state index in [-0.39, 0.29) is 30.7 Å². The number of aryl methyl sites for hydroxylation is 1. The highest BCUT2D eigenvalue weighted by Gasteiger charge is 2.27. The van der Waals surface area contributed by atoms with E-state index >= 15 is 0 Å². The highest BCUT2D eigenvalue weighted by molar-refractivity contribution is 5.98. The lowest BCUT2D eigenvalue weighted by Gasteiger charge is -2.31. The van der Waals surface area contributed by atoms with Gasteiger partial charge in [0, 0.05) is 19.3 Å². The number of nitrogens with zero attached hydrogens (tertiary/aromatic N) is 1. The molecule has 0 aromatic heterocycles. The van der Waals surface area contributed by atoms with Crippen molar-refractivity contribution in [3.63, 3.8) is 0 Å². The zero-order valence-corrected chi connectivity index (χ0v) is 12.9. The van der Waals surface area contributed by atoms with Crippen molar-refractivity contribution in [1.29, 1.82) is 0 Å². The molecule has 0 aliphatic carbocycles. The molecule has 124 valence electrons. The number of hydrogen-bond donors (Lipinski definition) is 1. The topological polar surface area (TPSA) is 64.8 Å². The van der Waals surface area contributed by atoms with Gasteiger partial charge in [-0.1, -0.05) is 0 Å². The molecule has 1 aliphatic rings. The Morgan fingerprint density at radius 1 is 1.45 bits per heavy atom. The molecule has 2 rings (SSSR count). The SMILES string of the molecule is COCC(N)C(=O)N1CCCc2cc(OC(F)F)ccc21.Cl. The average Bonchev–Trinajstić information content (AvgIpc) is 2.45. The number of alkyl halides is 2. The number of ether oxygens (including phenoxy) is 2. The molecule has 1 amide bonds. The third-order valence-corrected chi connectivity index (χ3v) is 3.32. The van der Waals surface area contributed by atoms with Crippen molar-refractivity contribution in [3.8, 4) is 5.75 Å². The number of carbonyl (C=O) groups excluding carboxylic acids is 1. The summed E-state index contributed by atoms with van der Waals surface area (Å²) in [4.78, 5) is 13.9. The monoisotopic (exact) mass is 336 g/mol. The van der Waals surface area contributed by atoms with Gasteiger partial charge >= 0.3 is 6.61 Å². The molecule has 2 N–H and O–H groups in total. The van der Waals surface area contributed by atoms with E-state index in [1.165, 1.54) is 13.2 Å². The maximum Gasteiger partial charge on any atom is 0.387 e. The van der Waals surface area contributed by atoms with E-state index < -0.39 is 12.7 Å². The van der Waals surface area contributed by atoms with E-state index in [1.54, 1.807) is 17.0 Å². The van der Waals surface area contributed by atoms with Crippen LogP contribution in [0, 0.1) is 0 Å². The molecule has 0 saturated carbocycles. The first-order chi connectivity index (χ1) is 10.0. The van der Waals surface area contributed by atoms with Crippen LogP contribution >= 0.6 is 12.4 Å². The van der Waals surface area contributed by atoms with Gasteiger partial charge in [0.2, 0.25) is 5.91 Å². The fourth-order valence-corrected chi connectivity index (χ4v) is 2.43. The minimum absolute atomic E-state index is 0. The number of hydrogen-bond acceptors (Lipinski definition) is 4. The first-order valence-electron chi connectivity index (χ1n) is 6.66. The third-order valence-electron chi connectivity index (χ3n) is 3.32. The Balaban J connectivity index is 0.00000242. The van der Waals surface area contributed by atoms with Crippen LogP contribution in [-0.4, -0.2) is 38.8 Å². The molecule has 1 atom stereocenters. The number of anilines is 1. The quantitative estimate of drug-likeness (QED) is 0.892. The van der Waals surface area contributed by atoms with Crippen molar-refractivity contribution in [2.24, 2.45) is 5.73 Å². The van der Waals surface area contributed by atoms with Crippen molar-refractivity contribution in [2.75, 3.05) is 25.2 Å². The Morgan fingerprint density at radius 2 is 2.18 bits per heavy atom. The highest BCUT2D eigenvalue weighted by Crippen LogP contribution is 2.31. The van der Waals surface area contributed by atoms with Crippen LogP contribution in [-0.2, 0) is 16.0 Å². The molecule has 1 unspecified atom stereocenters. The maximum atomic E-state index is 12.3. The Bertz CT molecular complexity index is 517. The molecular formula is C14H19ClF2N2O3. The van der Waals surface area contributed by atoms with Crippen molar-refractivity contribution in [1.82, 2.24) is 0 Å². The summed E-state index contributed by atoms with van der Waals surface area (Å²) in [6, 6.07) is 3.85. The molecule has 0 fully saturated rings. The molecule has 0 radical (unpaired) electrons. The first-order valence-corrected chi connectivity index (χ1v) is 6.66. The number of benzene rings is 1. The van der Waals surface area contributed by atoms with Gasteiger partial charge in [-0.2, -0.15) is 8.78 Å². The average molecular weight is 337 g/mol. The number of fused-ring (bicyclic) bond motifs is 1. The fraction of sp³-hybridized carbons (Fsp3) is 0.500. The Morgan fingerprint density at radius 3 is 2.82 bits per heavy atom. The number of nitrogens with two attached hydrogens (primary N) is 1. The first kappa shape index (κ1) is 18.6. The predicted octanol–water partition coefficient (Wildman–Crippen LogP) is 1.96. The molecule has 1 aromatic rings. The minimum Gasteiger partial charge on any atom is -0.435 e. The molecule has 0 bridgehead atoms. The van der Waals surface area contributed by atoms with E-state index in [0.717, 1.165) is 12.0 Å². The van der Waals surface area contributed by atoms with Crippen molar-refractivity contribution >= 4 is 24.0 Å². The Hall–Kier alpha value is -1.44. The van der Waals surface area contributed by atoms with E-state index in [2.05, 4.69) is 4.74 Å². The molecule has 1 heterocycles. The summed E-state index contributed by atoms with van der Waals surface area (Å²) >= 11 is 0. The van der Waals surface area contributed by atoms with Crippen molar-refractivity contribution < 1.29 is 23.0 Å². The number of methoxy groups -OCH3 is 1. The second-order valence-corrected chi connectivity index (χ2v) is 4.82. The van der Waals surface area contributed by atoms with Gasteiger partial charge in [0.25, 0.3) is 0 Å². The van der Waals surface area contributed by atoms with Crippen LogP contribution < -0.4 is 15.4 Å². The van der Waals surface area contributed by atoms with E-state index in [0.29, 0.717) is 18.7 Å². The number of amides is 1. The summed E-state index contributed by atoms with van der Waals surface area (Å²) in [6.45, 7) is -2.17. The minimum atomic E-state index is -2.86. The van der Waals surface area contributed by atoms with Gasteiger partial charge in [-0.05, 0) is 36.6 Å². The lowest BCUT2D eigenvalue weighted by molar-refractivity contribution is -0.121. The predicted molar refractivity (Wildman–Crippen MR) is 80.8 cm³/mol. The molecule has 5 nitrogen and oxygen atoms in total. The van der Waals surface area contributed by atoms with Crippen LogP contribution in [0.25, 0.3) is 0 Å². The molecule has 1 aromatic carbocycles. The van der Waals surface area contributed by atoms with Gasteiger partial charge in [-0.3, -0.25) is 4.79 Å². The zero-order chi connectivity index (χ0) is 15.4. The maximum absolute atomic E-state index is 12.3. The van der Waals surface area contributed by atoms with E-state index in [4.69, 9.17) is 10.5 Å². The smallest absolute Gasteiger partial charge is 0.387 e. The molecular weight excluding hydrogens is 318 g/mol. The summed E-state index contributed by atoms with van der Waals surface area (Å²) in [5.41, 5.74) is 7.27. The number of rotatable bonds is 5. The van der Waals surface area contributed by atoms with Crippen LogP contribution in [0.2, 0.25) is 0 Å². The van der Waals surface area contributed by atoms with Crippen LogP contribution in [0.1, 0.15) is 12.0 Å². The summed E-state index contributed by atoms with van der Waals surface area (Å²) < 4.78 is 33.7. The van der Waals surface area contributed by atoms with Crippen LogP contribution in [0.3, 0.4) is 0 Å². The van der Waals surface area contributed by atoms with Gasteiger partial charge in [-0.25, -0.2) is 0 Å². The molecule has 0 spiro atoms. The number of carbonyl (C=O) groups is 1. The van der Waals surface area contributed by atoms with Gasteiger partial charge in [0.05, 0.1) is 6.61 Å². The standard InChI is InChI=1S/C14H18F2N2O3.ClH/c1-20-8-11(17)13(19)18-6-2-3-9-7-10(21-14(15)16)4-5-12(9)18;/h4-5,7,11,14H,2-3,6,8,17H2,1H3;1H. The van der Waals surface area contributed by atoms with E-state index in [1.807, 2.05) is 0 Å². The van der Waals surface area contributed by atoms with Crippen LogP contribution in [0.5, 0.6) is 5.75 Å². The Labute approximate surface area is 133 Å². The second kappa shape index (κ2) is 8.26. The van der Waals surface area contributed by atoms with Crippen molar-refractivity contribution in [3.05, 3.63) is 23.8 Å². The van der Waals surface area contributed by atoms with Gasteiger partial charge < -0.3 is 20.1 Å². The van der Waals surface area contributed by atoms with E-state index in [9.17, 15) is 13.6 Å². The molecule has 8 heteroatoms. The van der Waals surface area contributed by atoms with Gasteiger partial charge in [-0.15, -0.1) is 12.4 Å². The molecule has 22 heavy (non-hydrogen) atoms. The van der Waals surface area contributed by atoms with Crippen LogP contribution in [0.4, 0.5) is 14.5 Å². The lowest BCUT2D eigenvalue weighted by Crippen LogP contribution is -2.48. The van der Waals surface area contributed by atoms with Gasteiger partial charge in [0.15, 0.2) is 0 Å². The molecule has 0 saturated heterocycles. The molecule has 1 aliphatic heterocycles. The zero-order valence-electron chi connectivity index (χ0n) is 12.1. The van der Waals surface area contributed by atoms with Crippen LogP contribution in [0.15, 0.2) is 18.2 Å². The largest absolute Gasteiger partial charge is 0.435 e. The Kier molecular flexibility index (Phi) is 6.99. The summed E-state index contributed by atoms with van der Waals surface area (Å²) in [7, 11) is 1.48. The number of halogens is 3. The second-order valence-electron chi connectivity index (χ2n) is 4.82. The normalized spacial score (nSPS) is 15.0. The van der Waals surface area contributed by atoms with Gasteiger partial charge in [0.1, 0.15) is 11.8 Å². The summed E-state index contributed by atoms with van der Waals surface area (Å²) in [5.74, 6) is -0.139. The highest BCUT2D eigenvalue weighted by atomic mass is 35.5. The fourth-order valence-electron chi connectivity index (χ4n) is 2.43. The lowest BCUT2D eigenvalue weighted by atomic mass is 10.0. The summed E-state index contributed by atoms with van der Waals surface area (Å²) in [5, 5.41) is 0. The summed E-state index contributed by atoms with van der Waals surface area (Å²) in [6.07, 6.45) is 1.45.